The van der Waals surface area contributed by atoms with Gasteiger partial charge in [0.25, 0.3) is 5.91 Å². The van der Waals surface area contributed by atoms with Gasteiger partial charge in [-0.2, -0.15) is 13.2 Å². The van der Waals surface area contributed by atoms with Crippen molar-refractivity contribution in [3.8, 4) is 0 Å². The van der Waals surface area contributed by atoms with Gasteiger partial charge in [-0.1, -0.05) is 30.3 Å². The third kappa shape index (κ3) is 5.60. The van der Waals surface area contributed by atoms with Gasteiger partial charge < -0.3 is 4.90 Å². The number of para-hydroxylation sites is 1. The van der Waals surface area contributed by atoms with E-state index in [2.05, 4.69) is 4.90 Å². The van der Waals surface area contributed by atoms with Crippen molar-refractivity contribution >= 4 is 11.6 Å². The smallest absolute Gasteiger partial charge is 0.305 e. The predicted molar refractivity (Wildman–Crippen MR) is 119 cm³/mol. The van der Waals surface area contributed by atoms with Gasteiger partial charge in [-0.3, -0.25) is 9.69 Å². The molecule has 172 valence electrons. The first-order valence-corrected chi connectivity index (χ1v) is 10.8. The van der Waals surface area contributed by atoms with Crippen LogP contribution in [0.25, 0.3) is 0 Å². The summed E-state index contributed by atoms with van der Waals surface area (Å²) in [4.78, 5) is 17.3. The minimum absolute atomic E-state index is 0.0335. The number of halogens is 4. The van der Waals surface area contributed by atoms with Crippen LogP contribution in [-0.2, 0) is 12.7 Å². The molecule has 0 aromatic heterocycles. The Morgan fingerprint density at radius 2 is 1.48 bits per heavy atom. The second-order valence-corrected chi connectivity index (χ2v) is 8.22. The van der Waals surface area contributed by atoms with Gasteiger partial charge in [-0.05, 0) is 66.9 Å². The molecule has 0 bridgehead atoms. The van der Waals surface area contributed by atoms with Gasteiger partial charge in [0.2, 0.25) is 0 Å². The molecule has 3 aromatic rings. The molecule has 0 radical (unpaired) electrons. The molecule has 0 unspecified atom stereocenters. The number of alkyl halides is 3. The summed E-state index contributed by atoms with van der Waals surface area (Å²) in [5.41, 5.74) is 1.38. The quantitative estimate of drug-likeness (QED) is 0.430. The first kappa shape index (κ1) is 23.0. The number of benzene rings is 3. The molecular weight excluding hydrogens is 432 g/mol. The molecule has 33 heavy (non-hydrogen) atoms. The number of carbonyl (C=O) groups excluding carboxylic acids is 1. The Balaban J connectivity index is 1.45. The molecule has 0 saturated carbocycles. The van der Waals surface area contributed by atoms with E-state index in [9.17, 15) is 22.4 Å². The normalized spacial score (nSPS) is 15.4. The summed E-state index contributed by atoms with van der Waals surface area (Å²) >= 11 is 0. The molecular formula is C26H24F4N2O. The van der Waals surface area contributed by atoms with Crippen molar-refractivity contribution in [3.63, 3.8) is 0 Å². The molecule has 1 heterocycles. The van der Waals surface area contributed by atoms with Gasteiger partial charge >= 0.3 is 6.18 Å². The fraction of sp³-hybridized carbons (Fsp3) is 0.269. The van der Waals surface area contributed by atoms with E-state index in [0.29, 0.717) is 25.2 Å². The summed E-state index contributed by atoms with van der Waals surface area (Å²) in [5, 5.41) is 0. The Kier molecular flexibility index (Phi) is 6.79. The summed E-state index contributed by atoms with van der Waals surface area (Å²) in [6, 6.07) is 20.2. The van der Waals surface area contributed by atoms with Gasteiger partial charge in [0.15, 0.2) is 0 Å². The largest absolute Gasteiger partial charge is 0.416 e. The zero-order valence-electron chi connectivity index (χ0n) is 17.9. The van der Waals surface area contributed by atoms with Crippen molar-refractivity contribution in [1.29, 1.82) is 0 Å². The number of amides is 1. The monoisotopic (exact) mass is 456 g/mol. The van der Waals surface area contributed by atoms with Crippen molar-refractivity contribution in [2.75, 3.05) is 18.0 Å². The first-order chi connectivity index (χ1) is 15.8. The Morgan fingerprint density at radius 3 is 2.06 bits per heavy atom. The van der Waals surface area contributed by atoms with Gasteiger partial charge in [-0.15, -0.1) is 0 Å². The summed E-state index contributed by atoms with van der Waals surface area (Å²) in [5.74, 6) is -0.572. The van der Waals surface area contributed by atoms with E-state index >= 15 is 0 Å². The van der Waals surface area contributed by atoms with Crippen LogP contribution in [0.15, 0.2) is 78.9 Å². The van der Waals surface area contributed by atoms with Crippen LogP contribution in [0.2, 0.25) is 0 Å². The second kappa shape index (κ2) is 9.75. The van der Waals surface area contributed by atoms with Crippen LogP contribution in [0.1, 0.15) is 34.3 Å². The Morgan fingerprint density at radius 1 is 0.879 bits per heavy atom. The molecule has 1 amide bonds. The van der Waals surface area contributed by atoms with Gasteiger partial charge in [0, 0.05) is 36.9 Å². The highest BCUT2D eigenvalue weighted by Crippen LogP contribution is 2.30. The summed E-state index contributed by atoms with van der Waals surface area (Å²) in [7, 11) is 0. The fourth-order valence-electron chi connectivity index (χ4n) is 4.21. The van der Waals surface area contributed by atoms with Crippen molar-refractivity contribution in [2.24, 2.45) is 0 Å². The lowest BCUT2D eigenvalue weighted by molar-refractivity contribution is -0.137. The summed E-state index contributed by atoms with van der Waals surface area (Å²) < 4.78 is 51.7. The first-order valence-electron chi connectivity index (χ1n) is 10.8. The average Bonchev–Trinajstić information content (AvgIpc) is 2.81. The molecule has 1 fully saturated rings. The molecule has 3 aromatic carbocycles. The maximum Gasteiger partial charge on any atom is 0.416 e. The van der Waals surface area contributed by atoms with Crippen LogP contribution in [0.3, 0.4) is 0 Å². The van der Waals surface area contributed by atoms with Crippen molar-refractivity contribution in [1.82, 2.24) is 4.90 Å². The maximum atomic E-state index is 13.3. The molecule has 0 aliphatic carbocycles. The highest BCUT2D eigenvalue weighted by atomic mass is 19.4. The number of piperidine rings is 1. The van der Waals surface area contributed by atoms with Crippen LogP contribution in [0.5, 0.6) is 0 Å². The molecule has 0 spiro atoms. The van der Waals surface area contributed by atoms with E-state index in [-0.39, 0.29) is 11.9 Å². The van der Waals surface area contributed by atoms with Crippen LogP contribution in [0.4, 0.5) is 23.2 Å². The Hall–Kier alpha value is -3.19. The molecule has 7 heteroatoms. The molecule has 1 aliphatic heterocycles. The van der Waals surface area contributed by atoms with Crippen molar-refractivity contribution < 1.29 is 22.4 Å². The van der Waals surface area contributed by atoms with Crippen LogP contribution >= 0.6 is 0 Å². The van der Waals surface area contributed by atoms with Crippen LogP contribution < -0.4 is 4.90 Å². The SMILES string of the molecule is O=C(c1ccc(F)cc1)N(c1ccccc1)C1CCN(Cc2ccc(C(F)(F)F)cc2)CC1. The number of nitrogens with zero attached hydrogens (tertiary/aromatic N) is 2. The number of hydrogen-bond acceptors (Lipinski definition) is 2. The van der Waals surface area contributed by atoms with E-state index < -0.39 is 17.6 Å². The summed E-state index contributed by atoms with van der Waals surface area (Å²) in [6.07, 6.45) is -2.89. The Bertz CT molecular complexity index is 1060. The molecule has 3 nitrogen and oxygen atoms in total. The molecule has 0 N–H and O–H groups in total. The molecule has 1 aliphatic rings. The fourth-order valence-corrected chi connectivity index (χ4v) is 4.21. The van der Waals surface area contributed by atoms with E-state index in [1.54, 1.807) is 4.90 Å². The number of hydrogen-bond donors (Lipinski definition) is 0. The Labute approximate surface area is 190 Å². The van der Waals surface area contributed by atoms with Gasteiger partial charge in [0.1, 0.15) is 5.82 Å². The third-order valence-corrected chi connectivity index (χ3v) is 5.95. The van der Waals surface area contributed by atoms with Crippen LogP contribution in [0, 0.1) is 5.82 Å². The number of carbonyl (C=O) groups is 1. The minimum atomic E-state index is -4.34. The molecule has 4 rings (SSSR count). The highest BCUT2D eigenvalue weighted by Gasteiger charge is 2.31. The van der Waals surface area contributed by atoms with E-state index in [0.717, 1.165) is 36.2 Å². The topological polar surface area (TPSA) is 23.6 Å². The zero-order valence-corrected chi connectivity index (χ0v) is 17.9. The predicted octanol–water partition coefficient (Wildman–Crippen LogP) is 6.16. The third-order valence-electron chi connectivity index (χ3n) is 5.95. The van der Waals surface area contributed by atoms with Crippen molar-refractivity contribution in [3.05, 3.63) is 101 Å². The zero-order chi connectivity index (χ0) is 23.4. The molecule has 1 saturated heterocycles. The van der Waals surface area contributed by atoms with E-state index in [4.69, 9.17) is 0 Å². The van der Waals surface area contributed by atoms with Crippen LogP contribution in [-0.4, -0.2) is 29.9 Å². The lowest BCUT2D eigenvalue weighted by atomic mass is 10.00. The number of rotatable bonds is 5. The van der Waals surface area contributed by atoms with Gasteiger partial charge in [-0.25, -0.2) is 4.39 Å². The second-order valence-electron chi connectivity index (χ2n) is 8.22. The van der Waals surface area contributed by atoms with E-state index in [1.165, 1.54) is 36.4 Å². The standard InChI is InChI=1S/C26H24F4N2O/c27-22-12-8-20(9-13-22)25(33)32(23-4-2-1-3-5-23)24-14-16-31(17-15-24)18-19-6-10-21(11-7-19)26(28,29)30/h1-13,24H,14-18H2. The van der Waals surface area contributed by atoms with E-state index in [1.807, 2.05) is 30.3 Å². The highest BCUT2D eigenvalue weighted by molar-refractivity contribution is 6.06. The minimum Gasteiger partial charge on any atom is -0.305 e. The average molecular weight is 456 g/mol. The number of anilines is 1. The number of likely N-dealkylation sites (tertiary alicyclic amines) is 1. The van der Waals surface area contributed by atoms with Gasteiger partial charge in [0.05, 0.1) is 5.56 Å². The lowest BCUT2D eigenvalue weighted by Crippen LogP contribution is -2.47. The molecule has 0 atom stereocenters. The summed E-state index contributed by atoms with van der Waals surface area (Å²) in [6.45, 7) is 1.99. The van der Waals surface area contributed by atoms with Crippen molar-refractivity contribution in [2.45, 2.75) is 31.6 Å². The maximum absolute atomic E-state index is 13.3. The lowest BCUT2D eigenvalue weighted by Gasteiger charge is -2.38.